The first-order valence-electron chi connectivity index (χ1n) is 5.85. The lowest BCUT2D eigenvalue weighted by molar-refractivity contribution is 0.141. The monoisotopic (exact) mass is 264 g/mol. The summed E-state index contributed by atoms with van der Waals surface area (Å²) < 4.78 is 19.3. The average molecular weight is 265 g/mol. The molecule has 0 aliphatic carbocycles. The maximum Gasteiger partial charge on any atom is 0.157 e. The van der Waals surface area contributed by atoms with Crippen LogP contribution in [-0.2, 0) is 18.9 Å². The van der Waals surface area contributed by atoms with Gasteiger partial charge in [-0.25, -0.2) is 0 Å². The molecule has 3 aliphatic rings. The van der Waals surface area contributed by atoms with E-state index in [1.54, 1.807) is 6.08 Å². The summed E-state index contributed by atoms with van der Waals surface area (Å²) in [7, 11) is 0. The summed E-state index contributed by atoms with van der Waals surface area (Å²) in [5.41, 5.74) is 0.0231. The predicted molar refractivity (Wildman–Crippen MR) is 66.4 cm³/mol. The van der Waals surface area contributed by atoms with Gasteiger partial charge in [-0.2, -0.15) is 0 Å². The van der Waals surface area contributed by atoms with E-state index in [4.69, 9.17) is 25.8 Å². The zero-order chi connectivity index (χ0) is 12.7. The number of ether oxygens (including phenoxy) is 4. The molecule has 4 unspecified atom stereocenters. The van der Waals surface area contributed by atoms with Crippen molar-refractivity contribution in [3.63, 3.8) is 0 Å². The van der Waals surface area contributed by atoms with Crippen LogP contribution in [0.3, 0.4) is 0 Å². The highest BCUT2D eigenvalue weighted by Crippen LogP contribution is 2.23. The molecular weight excluding hydrogens is 244 g/mol. The molecule has 5 heteroatoms. The van der Waals surface area contributed by atoms with Crippen molar-refractivity contribution < 1.29 is 18.9 Å². The van der Waals surface area contributed by atoms with Gasteiger partial charge in [0.2, 0.25) is 0 Å². The molecule has 0 radical (unpaired) electrons. The standard InChI is InChI=1S/C6H10O2.C3H5ClO.C3H6O/c1-2-3-7-4-6-5-8-6;1-2-3(4)5-2;1-3-2-4-3/h2,6H,1,3-5H2;2-3H,1H3;3H,2H2,1H3. The molecule has 3 rings (SSSR count). The first kappa shape index (κ1) is 14.9. The Bertz CT molecular complexity index is 211. The highest BCUT2D eigenvalue weighted by atomic mass is 35.5. The van der Waals surface area contributed by atoms with Crippen molar-refractivity contribution in [2.24, 2.45) is 0 Å². The Labute approximate surface area is 108 Å². The summed E-state index contributed by atoms with van der Waals surface area (Å²) in [6, 6.07) is 0. The normalized spacial score (nSPS) is 35.7. The lowest BCUT2D eigenvalue weighted by Crippen LogP contribution is -2.00. The van der Waals surface area contributed by atoms with Crippen molar-refractivity contribution in [2.75, 3.05) is 26.4 Å². The van der Waals surface area contributed by atoms with Crippen LogP contribution in [0.2, 0.25) is 0 Å². The molecule has 3 heterocycles. The average Bonchev–Trinajstić information content (AvgIpc) is 3.11. The van der Waals surface area contributed by atoms with Gasteiger partial charge in [0.05, 0.1) is 38.6 Å². The molecule has 100 valence electrons. The van der Waals surface area contributed by atoms with Crippen LogP contribution in [0.1, 0.15) is 13.8 Å². The molecule has 3 aliphatic heterocycles. The summed E-state index contributed by atoms with van der Waals surface area (Å²) in [4.78, 5) is 0. The molecule has 4 atom stereocenters. The maximum atomic E-state index is 5.31. The topological polar surface area (TPSA) is 46.8 Å². The molecule has 0 saturated carbocycles. The zero-order valence-electron chi connectivity index (χ0n) is 10.4. The van der Waals surface area contributed by atoms with Crippen LogP contribution in [0, 0.1) is 0 Å². The van der Waals surface area contributed by atoms with E-state index < -0.39 is 0 Å². The Balaban J connectivity index is 0.000000137. The molecule has 4 nitrogen and oxygen atoms in total. The van der Waals surface area contributed by atoms with Crippen LogP contribution < -0.4 is 0 Å². The number of rotatable bonds is 4. The van der Waals surface area contributed by atoms with Crippen LogP contribution in [-0.4, -0.2) is 50.3 Å². The van der Waals surface area contributed by atoms with Gasteiger partial charge in [0.25, 0.3) is 0 Å². The van der Waals surface area contributed by atoms with E-state index in [1.807, 2.05) is 6.92 Å². The van der Waals surface area contributed by atoms with Crippen LogP contribution in [0.5, 0.6) is 0 Å². The number of hydrogen-bond acceptors (Lipinski definition) is 4. The summed E-state index contributed by atoms with van der Waals surface area (Å²) in [5.74, 6) is 0. The first-order chi connectivity index (χ1) is 8.13. The van der Waals surface area contributed by atoms with Crippen molar-refractivity contribution >= 4 is 11.6 Å². The molecule has 0 N–H and O–H groups in total. The van der Waals surface area contributed by atoms with Crippen LogP contribution >= 0.6 is 11.6 Å². The van der Waals surface area contributed by atoms with E-state index in [1.165, 1.54) is 0 Å². The van der Waals surface area contributed by atoms with Crippen molar-refractivity contribution in [3.8, 4) is 0 Å². The lowest BCUT2D eigenvalue weighted by Gasteiger charge is -1.92. The first-order valence-corrected chi connectivity index (χ1v) is 6.28. The third-order valence-electron chi connectivity index (χ3n) is 2.08. The van der Waals surface area contributed by atoms with Gasteiger partial charge in [-0.15, -0.1) is 6.58 Å². The number of alkyl halides is 1. The van der Waals surface area contributed by atoms with Gasteiger partial charge in [-0.1, -0.05) is 17.7 Å². The minimum atomic E-state index is 0.0231. The number of hydrogen-bond donors (Lipinski definition) is 0. The molecule has 0 aromatic rings. The number of epoxide rings is 3. The van der Waals surface area contributed by atoms with E-state index in [0.29, 0.717) is 24.9 Å². The Kier molecular flexibility index (Phi) is 7.08. The van der Waals surface area contributed by atoms with E-state index in [9.17, 15) is 0 Å². The van der Waals surface area contributed by atoms with Crippen molar-refractivity contribution in [1.29, 1.82) is 0 Å². The fraction of sp³-hybridized carbons (Fsp3) is 0.833. The summed E-state index contributed by atoms with van der Waals surface area (Å²) >= 11 is 5.31. The second-order valence-electron chi connectivity index (χ2n) is 4.12. The largest absolute Gasteiger partial charge is 0.375 e. The highest BCUT2D eigenvalue weighted by Gasteiger charge is 2.30. The minimum Gasteiger partial charge on any atom is -0.375 e. The Morgan fingerprint density at radius 3 is 2.06 bits per heavy atom. The summed E-state index contributed by atoms with van der Waals surface area (Å²) in [6.07, 6.45) is 3.02. The van der Waals surface area contributed by atoms with E-state index in [0.717, 1.165) is 19.8 Å². The minimum absolute atomic E-state index is 0.0231. The second kappa shape index (κ2) is 8.06. The summed E-state index contributed by atoms with van der Waals surface area (Å²) in [5, 5.41) is 0. The fourth-order valence-corrected chi connectivity index (χ4v) is 0.865. The molecular formula is C12H21ClO4. The van der Waals surface area contributed by atoms with Gasteiger partial charge in [-0.3, -0.25) is 0 Å². The third-order valence-corrected chi connectivity index (χ3v) is 2.54. The predicted octanol–water partition coefficient (Wildman–Crippen LogP) is 1.96. The van der Waals surface area contributed by atoms with Gasteiger partial charge < -0.3 is 18.9 Å². The SMILES string of the molecule is C=CCOCC1CO1.CC1CO1.CC1OC1Cl. The molecule has 3 fully saturated rings. The van der Waals surface area contributed by atoms with Crippen LogP contribution in [0.25, 0.3) is 0 Å². The van der Waals surface area contributed by atoms with Gasteiger partial charge in [0.15, 0.2) is 5.56 Å². The van der Waals surface area contributed by atoms with E-state index in [-0.39, 0.29) is 5.56 Å². The van der Waals surface area contributed by atoms with Gasteiger partial charge in [0.1, 0.15) is 6.10 Å². The van der Waals surface area contributed by atoms with Gasteiger partial charge >= 0.3 is 0 Å². The maximum absolute atomic E-state index is 5.31. The van der Waals surface area contributed by atoms with E-state index in [2.05, 4.69) is 18.2 Å². The molecule has 0 spiro atoms. The number of halogens is 1. The van der Waals surface area contributed by atoms with Gasteiger partial charge in [0, 0.05) is 0 Å². The van der Waals surface area contributed by atoms with E-state index >= 15 is 0 Å². The summed E-state index contributed by atoms with van der Waals surface area (Å²) in [6.45, 7) is 10.7. The molecule has 0 aromatic carbocycles. The highest BCUT2D eigenvalue weighted by molar-refractivity contribution is 6.21. The fourth-order valence-electron chi connectivity index (χ4n) is 0.703. The molecule has 17 heavy (non-hydrogen) atoms. The zero-order valence-corrected chi connectivity index (χ0v) is 11.2. The Morgan fingerprint density at radius 2 is 1.82 bits per heavy atom. The smallest absolute Gasteiger partial charge is 0.157 e. The van der Waals surface area contributed by atoms with Crippen LogP contribution in [0.4, 0.5) is 0 Å². The Morgan fingerprint density at radius 1 is 1.35 bits per heavy atom. The second-order valence-corrected chi connectivity index (χ2v) is 4.55. The third kappa shape index (κ3) is 10.7. The lowest BCUT2D eigenvalue weighted by atomic mass is 10.5. The molecule has 0 bridgehead atoms. The van der Waals surface area contributed by atoms with Crippen molar-refractivity contribution in [1.82, 2.24) is 0 Å². The molecule has 0 aromatic heterocycles. The van der Waals surface area contributed by atoms with Gasteiger partial charge in [-0.05, 0) is 13.8 Å². The Hall–Kier alpha value is -0.130. The van der Waals surface area contributed by atoms with Crippen molar-refractivity contribution in [2.45, 2.75) is 37.7 Å². The van der Waals surface area contributed by atoms with Crippen molar-refractivity contribution in [3.05, 3.63) is 12.7 Å². The molecule has 0 amide bonds. The quantitative estimate of drug-likeness (QED) is 0.337. The van der Waals surface area contributed by atoms with Crippen LogP contribution in [0.15, 0.2) is 12.7 Å². The molecule has 3 saturated heterocycles.